The fourth-order valence-corrected chi connectivity index (χ4v) is 2.43. The van der Waals surface area contributed by atoms with Crippen LogP contribution in [0.15, 0.2) is 48.9 Å². The molecule has 3 rings (SSSR count). The van der Waals surface area contributed by atoms with E-state index in [0.29, 0.717) is 11.6 Å². The zero-order valence-electron chi connectivity index (χ0n) is 13.2. The van der Waals surface area contributed by atoms with Gasteiger partial charge in [0.05, 0.1) is 5.69 Å². The average molecular weight is 305 g/mol. The van der Waals surface area contributed by atoms with E-state index in [1.807, 2.05) is 43.5 Å². The van der Waals surface area contributed by atoms with Gasteiger partial charge in [0.2, 0.25) is 5.95 Å². The lowest BCUT2D eigenvalue weighted by atomic mass is 10.1. The SMILES string of the molecule is CCc1ccncc1-c1ccnc(Nc2cc(N)ccc2C)n1. The van der Waals surface area contributed by atoms with E-state index in [-0.39, 0.29) is 0 Å². The first kappa shape index (κ1) is 15.0. The van der Waals surface area contributed by atoms with E-state index in [0.717, 1.165) is 28.9 Å². The monoisotopic (exact) mass is 305 g/mol. The lowest BCUT2D eigenvalue weighted by Crippen LogP contribution is -2.01. The molecule has 0 radical (unpaired) electrons. The summed E-state index contributed by atoms with van der Waals surface area (Å²) in [6, 6.07) is 9.64. The molecule has 0 bridgehead atoms. The Morgan fingerprint density at radius 3 is 2.83 bits per heavy atom. The van der Waals surface area contributed by atoms with Crippen LogP contribution in [0.1, 0.15) is 18.1 Å². The minimum Gasteiger partial charge on any atom is -0.399 e. The standard InChI is InChI=1S/C18H19N5/c1-3-13-6-8-20-11-15(13)16-7-9-21-18(22-16)23-17-10-14(19)5-4-12(17)2/h4-11H,3,19H2,1-2H3,(H,21,22,23). The third-order valence-corrected chi connectivity index (χ3v) is 3.73. The van der Waals surface area contributed by atoms with E-state index >= 15 is 0 Å². The number of anilines is 3. The predicted molar refractivity (Wildman–Crippen MR) is 93.5 cm³/mol. The second-order valence-corrected chi connectivity index (χ2v) is 5.35. The maximum absolute atomic E-state index is 5.85. The highest BCUT2D eigenvalue weighted by molar-refractivity contribution is 5.67. The van der Waals surface area contributed by atoms with Gasteiger partial charge in [0.1, 0.15) is 0 Å². The smallest absolute Gasteiger partial charge is 0.227 e. The van der Waals surface area contributed by atoms with Crippen molar-refractivity contribution in [3.05, 3.63) is 60.0 Å². The third-order valence-electron chi connectivity index (χ3n) is 3.73. The van der Waals surface area contributed by atoms with Gasteiger partial charge >= 0.3 is 0 Å². The van der Waals surface area contributed by atoms with Crippen molar-refractivity contribution in [1.82, 2.24) is 15.0 Å². The number of nitrogen functional groups attached to an aromatic ring is 1. The first-order valence-corrected chi connectivity index (χ1v) is 7.57. The Hall–Kier alpha value is -2.95. The van der Waals surface area contributed by atoms with Gasteiger partial charge in [-0.1, -0.05) is 13.0 Å². The van der Waals surface area contributed by atoms with Crippen molar-refractivity contribution < 1.29 is 0 Å². The summed E-state index contributed by atoms with van der Waals surface area (Å²) in [6.07, 6.45) is 6.33. The quantitative estimate of drug-likeness (QED) is 0.718. The fourth-order valence-electron chi connectivity index (χ4n) is 2.43. The van der Waals surface area contributed by atoms with Crippen molar-refractivity contribution in [1.29, 1.82) is 0 Å². The number of nitrogens with zero attached hydrogens (tertiary/aromatic N) is 3. The summed E-state index contributed by atoms with van der Waals surface area (Å²) in [6.45, 7) is 4.14. The van der Waals surface area contributed by atoms with Crippen LogP contribution in [0.5, 0.6) is 0 Å². The molecule has 1 aromatic carbocycles. The van der Waals surface area contributed by atoms with Gasteiger partial charge in [0.25, 0.3) is 0 Å². The molecule has 0 atom stereocenters. The zero-order valence-corrected chi connectivity index (χ0v) is 13.2. The number of rotatable bonds is 4. The summed E-state index contributed by atoms with van der Waals surface area (Å²) in [5.74, 6) is 0.544. The van der Waals surface area contributed by atoms with Crippen LogP contribution in [0.3, 0.4) is 0 Å². The fraction of sp³-hybridized carbons (Fsp3) is 0.167. The number of benzene rings is 1. The van der Waals surface area contributed by atoms with Crippen LogP contribution < -0.4 is 11.1 Å². The number of nitrogens with one attached hydrogen (secondary N) is 1. The van der Waals surface area contributed by atoms with Gasteiger partial charge in [-0.2, -0.15) is 0 Å². The van der Waals surface area contributed by atoms with Crippen LogP contribution >= 0.6 is 0 Å². The number of aryl methyl sites for hydroxylation is 2. The van der Waals surface area contributed by atoms with E-state index in [2.05, 4.69) is 27.2 Å². The summed E-state index contributed by atoms with van der Waals surface area (Å²) in [5.41, 5.74) is 11.6. The number of nitrogens with two attached hydrogens (primary N) is 1. The zero-order chi connectivity index (χ0) is 16.2. The highest BCUT2D eigenvalue weighted by Gasteiger charge is 2.08. The van der Waals surface area contributed by atoms with Crippen LogP contribution in [0.4, 0.5) is 17.3 Å². The van der Waals surface area contributed by atoms with Gasteiger partial charge in [-0.3, -0.25) is 4.98 Å². The summed E-state index contributed by atoms with van der Waals surface area (Å²) in [5, 5.41) is 3.24. The Morgan fingerprint density at radius 1 is 1.13 bits per heavy atom. The van der Waals surface area contributed by atoms with Crippen molar-refractivity contribution in [2.24, 2.45) is 0 Å². The van der Waals surface area contributed by atoms with E-state index in [9.17, 15) is 0 Å². The molecule has 0 aliphatic heterocycles. The molecular weight excluding hydrogens is 286 g/mol. The van der Waals surface area contributed by atoms with Crippen LogP contribution in [0.25, 0.3) is 11.3 Å². The van der Waals surface area contributed by atoms with E-state index in [4.69, 9.17) is 5.73 Å². The molecule has 0 fully saturated rings. The van der Waals surface area contributed by atoms with Crippen molar-refractivity contribution >= 4 is 17.3 Å². The molecule has 0 spiro atoms. The molecule has 0 amide bonds. The van der Waals surface area contributed by atoms with Gasteiger partial charge in [0, 0.05) is 35.5 Å². The number of aromatic nitrogens is 3. The van der Waals surface area contributed by atoms with Crippen molar-refractivity contribution in [2.45, 2.75) is 20.3 Å². The summed E-state index contributed by atoms with van der Waals surface area (Å²) < 4.78 is 0. The molecule has 3 N–H and O–H groups in total. The topological polar surface area (TPSA) is 76.7 Å². The summed E-state index contributed by atoms with van der Waals surface area (Å²) in [4.78, 5) is 13.1. The minimum atomic E-state index is 0.544. The van der Waals surface area contributed by atoms with Crippen molar-refractivity contribution in [3.8, 4) is 11.3 Å². The summed E-state index contributed by atoms with van der Waals surface area (Å²) in [7, 11) is 0. The van der Waals surface area contributed by atoms with Gasteiger partial charge in [-0.25, -0.2) is 9.97 Å². The molecule has 2 heterocycles. The van der Waals surface area contributed by atoms with Crippen molar-refractivity contribution in [3.63, 3.8) is 0 Å². The number of hydrogen-bond acceptors (Lipinski definition) is 5. The van der Waals surface area contributed by atoms with E-state index in [1.165, 1.54) is 5.56 Å². The van der Waals surface area contributed by atoms with Gasteiger partial charge < -0.3 is 11.1 Å². The molecular formula is C18H19N5. The molecule has 116 valence electrons. The summed E-state index contributed by atoms with van der Waals surface area (Å²) >= 11 is 0. The first-order valence-electron chi connectivity index (χ1n) is 7.57. The highest BCUT2D eigenvalue weighted by atomic mass is 15.1. The Labute approximate surface area is 135 Å². The lowest BCUT2D eigenvalue weighted by Gasteiger charge is -2.11. The second-order valence-electron chi connectivity index (χ2n) is 5.35. The Bertz CT molecular complexity index is 829. The molecule has 23 heavy (non-hydrogen) atoms. The average Bonchev–Trinajstić information content (AvgIpc) is 2.58. The van der Waals surface area contributed by atoms with Gasteiger partial charge in [-0.15, -0.1) is 0 Å². The van der Waals surface area contributed by atoms with E-state index in [1.54, 1.807) is 12.4 Å². The maximum atomic E-state index is 5.85. The Kier molecular flexibility index (Phi) is 4.19. The highest BCUT2D eigenvalue weighted by Crippen LogP contribution is 2.24. The van der Waals surface area contributed by atoms with Crippen LogP contribution in [0, 0.1) is 6.92 Å². The maximum Gasteiger partial charge on any atom is 0.227 e. The molecule has 0 saturated carbocycles. The first-order chi connectivity index (χ1) is 11.2. The van der Waals surface area contributed by atoms with Crippen LogP contribution in [-0.2, 0) is 6.42 Å². The number of pyridine rings is 1. The van der Waals surface area contributed by atoms with Gasteiger partial charge in [0.15, 0.2) is 0 Å². The van der Waals surface area contributed by atoms with Gasteiger partial charge in [-0.05, 0) is 48.7 Å². The molecule has 5 nitrogen and oxygen atoms in total. The largest absolute Gasteiger partial charge is 0.399 e. The Morgan fingerprint density at radius 2 is 2.00 bits per heavy atom. The van der Waals surface area contributed by atoms with Crippen molar-refractivity contribution in [2.75, 3.05) is 11.1 Å². The molecule has 0 aliphatic carbocycles. The van der Waals surface area contributed by atoms with Crippen LogP contribution in [-0.4, -0.2) is 15.0 Å². The molecule has 0 aliphatic rings. The third kappa shape index (κ3) is 3.29. The molecule has 5 heteroatoms. The normalized spacial score (nSPS) is 10.5. The number of hydrogen-bond donors (Lipinski definition) is 2. The second kappa shape index (κ2) is 6.44. The molecule has 2 aromatic heterocycles. The Balaban J connectivity index is 1.95. The molecule has 3 aromatic rings. The lowest BCUT2D eigenvalue weighted by molar-refractivity contribution is 1.10. The minimum absolute atomic E-state index is 0.544. The molecule has 0 saturated heterocycles. The predicted octanol–water partition coefficient (Wildman–Crippen LogP) is 3.74. The van der Waals surface area contributed by atoms with E-state index < -0.39 is 0 Å². The molecule has 0 unspecified atom stereocenters. The van der Waals surface area contributed by atoms with Crippen LogP contribution in [0.2, 0.25) is 0 Å².